The molecule has 5 nitrogen and oxygen atoms in total. The fourth-order valence-corrected chi connectivity index (χ4v) is 1.93. The molecule has 0 unspecified atom stereocenters. The molecule has 0 atom stereocenters. The number of rotatable bonds is 5. The van der Waals surface area contributed by atoms with Crippen LogP contribution in [0.2, 0.25) is 0 Å². The average molecular weight is 242 g/mol. The van der Waals surface area contributed by atoms with Crippen LogP contribution in [-0.2, 0) is 9.59 Å². The van der Waals surface area contributed by atoms with E-state index >= 15 is 0 Å². The molecule has 98 valence electrons. The van der Waals surface area contributed by atoms with Crippen LogP contribution >= 0.6 is 0 Å². The molecule has 0 aromatic carbocycles. The Morgan fingerprint density at radius 3 is 2.41 bits per heavy atom. The second-order valence-electron chi connectivity index (χ2n) is 4.39. The summed E-state index contributed by atoms with van der Waals surface area (Å²) in [6.45, 7) is 2.10. The van der Waals surface area contributed by atoms with Gasteiger partial charge in [-0.1, -0.05) is 0 Å². The second kappa shape index (κ2) is 8.06. The molecular formula is C12H22N2O3. The van der Waals surface area contributed by atoms with Crippen molar-refractivity contribution in [3.63, 3.8) is 0 Å². The van der Waals surface area contributed by atoms with Crippen molar-refractivity contribution in [2.75, 3.05) is 26.2 Å². The van der Waals surface area contributed by atoms with Gasteiger partial charge in [0.25, 0.3) is 0 Å². The van der Waals surface area contributed by atoms with Crippen molar-refractivity contribution in [3.05, 3.63) is 0 Å². The minimum absolute atomic E-state index is 0.181. The maximum absolute atomic E-state index is 11.7. The lowest BCUT2D eigenvalue weighted by molar-refractivity contribution is -0.146. The Balaban J connectivity index is 2.15. The van der Waals surface area contributed by atoms with Crippen LogP contribution in [0, 0.1) is 0 Å². The number of amides is 2. The summed E-state index contributed by atoms with van der Waals surface area (Å²) in [6, 6.07) is 0. The number of hydrogen-bond donors (Lipinski definition) is 2. The summed E-state index contributed by atoms with van der Waals surface area (Å²) in [4.78, 5) is 24.8. The smallest absolute Gasteiger partial charge is 0.311 e. The number of nitrogens with zero attached hydrogens (tertiary/aromatic N) is 1. The van der Waals surface area contributed by atoms with Crippen molar-refractivity contribution in [3.8, 4) is 0 Å². The number of piperidine rings is 1. The number of hydrogen-bond acceptors (Lipinski definition) is 3. The Kier molecular flexibility index (Phi) is 6.62. The molecule has 1 fully saturated rings. The van der Waals surface area contributed by atoms with Gasteiger partial charge < -0.3 is 15.3 Å². The van der Waals surface area contributed by atoms with Gasteiger partial charge >= 0.3 is 11.8 Å². The zero-order valence-electron chi connectivity index (χ0n) is 10.3. The molecule has 1 aliphatic rings. The van der Waals surface area contributed by atoms with Crippen LogP contribution in [0.1, 0.15) is 38.5 Å². The van der Waals surface area contributed by atoms with Gasteiger partial charge in [0, 0.05) is 26.2 Å². The van der Waals surface area contributed by atoms with Crippen molar-refractivity contribution in [2.24, 2.45) is 0 Å². The molecule has 1 aliphatic heterocycles. The average Bonchev–Trinajstić information content (AvgIpc) is 2.38. The van der Waals surface area contributed by atoms with Crippen molar-refractivity contribution in [1.82, 2.24) is 10.2 Å². The van der Waals surface area contributed by atoms with E-state index in [-0.39, 0.29) is 6.61 Å². The van der Waals surface area contributed by atoms with Gasteiger partial charge in [-0.2, -0.15) is 0 Å². The largest absolute Gasteiger partial charge is 0.396 e. The van der Waals surface area contributed by atoms with Crippen LogP contribution in [0.25, 0.3) is 0 Å². The van der Waals surface area contributed by atoms with Gasteiger partial charge in [0.1, 0.15) is 0 Å². The van der Waals surface area contributed by atoms with E-state index in [0.29, 0.717) is 19.6 Å². The molecule has 0 saturated carbocycles. The van der Waals surface area contributed by atoms with Gasteiger partial charge in [-0.15, -0.1) is 0 Å². The van der Waals surface area contributed by atoms with E-state index in [1.54, 1.807) is 4.90 Å². The number of aliphatic hydroxyl groups is 1. The van der Waals surface area contributed by atoms with Crippen LogP contribution in [0.3, 0.4) is 0 Å². The number of carbonyl (C=O) groups excluding carboxylic acids is 2. The normalized spacial score (nSPS) is 15.7. The van der Waals surface area contributed by atoms with Gasteiger partial charge in [-0.05, 0) is 38.5 Å². The quantitative estimate of drug-likeness (QED) is 0.537. The van der Waals surface area contributed by atoms with Crippen molar-refractivity contribution in [1.29, 1.82) is 0 Å². The summed E-state index contributed by atoms with van der Waals surface area (Å²) in [5, 5.41) is 11.2. The minimum Gasteiger partial charge on any atom is -0.396 e. The van der Waals surface area contributed by atoms with Gasteiger partial charge in [0.2, 0.25) is 0 Å². The van der Waals surface area contributed by atoms with E-state index in [9.17, 15) is 9.59 Å². The Hall–Kier alpha value is -1.10. The SMILES string of the molecule is O=C(NCCCCCO)C(=O)N1CCCCC1. The minimum atomic E-state index is -0.490. The third kappa shape index (κ3) is 5.17. The number of nitrogens with one attached hydrogen (secondary N) is 1. The zero-order chi connectivity index (χ0) is 12.5. The van der Waals surface area contributed by atoms with Crippen LogP contribution in [0.15, 0.2) is 0 Å². The number of unbranched alkanes of at least 4 members (excludes halogenated alkanes) is 2. The van der Waals surface area contributed by atoms with Crippen molar-refractivity contribution in [2.45, 2.75) is 38.5 Å². The third-order valence-electron chi connectivity index (χ3n) is 2.96. The summed E-state index contributed by atoms with van der Waals surface area (Å²) < 4.78 is 0. The highest BCUT2D eigenvalue weighted by molar-refractivity contribution is 6.35. The van der Waals surface area contributed by atoms with Crippen molar-refractivity contribution >= 4 is 11.8 Å². The number of carbonyl (C=O) groups is 2. The summed E-state index contributed by atoms with van der Waals surface area (Å²) in [5.41, 5.74) is 0. The zero-order valence-corrected chi connectivity index (χ0v) is 10.3. The number of aliphatic hydroxyl groups excluding tert-OH is 1. The monoisotopic (exact) mass is 242 g/mol. The Labute approximate surface area is 102 Å². The van der Waals surface area contributed by atoms with E-state index in [1.165, 1.54) is 0 Å². The van der Waals surface area contributed by atoms with E-state index in [4.69, 9.17) is 5.11 Å². The molecule has 1 rings (SSSR count). The molecule has 2 N–H and O–H groups in total. The third-order valence-corrected chi connectivity index (χ3v) is 2.96. The molecule has 1 saturated heterocycles. The first-order valence-corrected chi connectivity index (χ1v) is 6.43. The van der Waals surface area contributed by atoms with Gasteiger partial charge in [0.05, 0.1) is 0 Å². The molecule has 0 aromatic heterocycles. The van der Waals surface area contributed by atoms with Crippen molar-refractivity contribution < 1.29 is 14.7 Å². The summed E-state index contributed by atoms with van der Waals surface area (Å²) in [5.74, 6) is -0.886. The fraction of sp³-hybridized carbons (Fsp3) is 0.833. The van der Waals surface area contributed by atoms with E-state index in [1.807, 2.05) is 0 Å². The van der Waals surface area contributed by atoms with E-state index < -0.39 is 11.8 Å². The predicted molar refractivity (Wildman–Crippen MR) is 64.4 cm³/mol. The summed E-state index contributed by atoms with van der Waals surface area (Å²) >= 11 is 0. The molecule has 2 amide bonds. The second-order valence-corrected chi connectivity index (χ2v) is 4.39. The standard InChI is InChI=1S/C12H22N2O3/c15-10-6-1-3-7-13-11(16)12(17)14-8-4-2-5-9-14/h15H,1-10H2,(H,13,16). The molecule has 1 heterocycles. The van der Waals surface area contributed by atoms with Crippen LogP contribution < -0.4 is 5.32 Å². The molecule has 0 aromatic rings. The maximum Gasteiger partial charge on any atom is 0.311 e. The Bertz CT molecular complexity index is 250. The molecule has 0 spiro atoms. The van der Waals surface area contributed by atoms with E-state index in [0.717, 1.165) is 38.5 Å². The van der Waals surface area contributed by atoms with Crippen LogP contribution in [0.4, 0.5) is 0 Å². The Morgan fingerprint density at radius 1 is 1.06 bits per heavy atom. The highest BCUT2D eigenvalue weighted by Crippen LogP contribution is 2.08. The van der Waals surface area contributed by atoms with Gasteiger partial charge in [-0.25, -0.2) is 0 Å². The van der Waals surface area contributed by atoms with Gasteiger partial charge in [-0.3, -0.25) is 9.59 Å². The number of likely N-dealkylation sites (tertiary alicyclic amines) is 1. The lowest BCUT2D eigenvalue weighted by Gasteiger charge is -2.25. The summed E-state index contributed by atoms with van der Waals surface area (Å²) in [6.07, 6.45) is 5.56. The predicted octanol–water partition coefficient (Wildman–Crippen LogP) is 0.278. The van der Waals surface area contributed by atoms with E-state index in [2.05, 4.69) is 5.32 Å². The van der Waals surface area contributed by atoms with Gasteiger partial charge in [0.15, 0.2) is 0 Å². The Morgan fingerprint density at radius 2 is 1.76 bits per heavy atom. The molecule has 17 heavy (non-hydrogen) atoms. The maximum atomic E-state index is 11.7. The first-order chi connectivity index (χ1) is 8.25. The summed E-state index contributed by atoms with van der Waals surface area (Å²) in [7, 11) is 0. The molecule has 5 heteroatoms. The lowest BCUT2D eigenvalue weighted by atomic mass is 10.1. The lowest BCUT2D eigenvalue weighted by Crippen LogP contribution is -2.45. The molecule has 0 radical (unpaired) electrons. The first kappa shape index (κ1) is 14.0. The molecule has 0 bridgehead atoms. The first-order valence-electron chi connectivity index (χ1n) is 6.43. The molecule has 0 aliphatic carbocycles. The van der Waals surface area contributed by atoms with Crippen LogP contribution in [0.5, 0.6) is 0 Å². The topological polar surface area (TPSA) is 69.6 Å². The molecular weight excluding hydrogens is 220 g/mol. The van der Waals surface area contributed by atoms with Crippen LogP contribution in [-0.4, -0.2) is 48.1 Å². The highest BCUT2D eigenvalue weighted by atomic mass is 16.3. The highest BCUT2D eigenvalue weighted by Gasteiger charge is 2.22. The fourth-order valence-electron chi connectivity index (χ4n) is 1.93.